The molecule has 0 heterocycles. The van der Waals surface area contributed by atoms with Crippen molar-refractivity contribution in [2.75, 3.05) is 0 Å². The van der Waals surface area contributed by atoms with E-state index in [0.717, 1.165) is 12.8 Å². The molecular formula is C44H32. The average molecular weight is 561 g/mol. The molecule has 0 unspecified atom stereocenters. The topological polar surface area (TPSA) is 0 Å². The lowest BCUT2D eigenvalue weighted by atomic mass is 9.83. The highest BCUT2D eigenvalue weighted by molar-refractivity contribution is 6.22. The number of hydrogen-bond donors (Lipinski definition) is 0. The lowest BCUT2D eigenvalue weighted by Crippen LogP contribution is -1.93. The summed E-state index contributed by atoms with van der Waals surface area (Å²) in [5.74, 6) is 0. The highest BCUT2D eigenvalue weighted by atomic mass is 14.2. The molecule has 208 valence electrons. The first kappa shape index (κ1) is 26.2. The zero-order valence-electron chi connectivity index (χ0n) is 24.6. The molecule has 0 amide bonds. The maximum atomic E-state index is 2.41. The van der Waals surface area contributed by atoms with E-state index in [9.17, 15) is 0 Å². The molecular weight excluding hydrogens is 528 g/mol. The minimum Gasteiger partial charge on any atom is -0.0836 e. The fraction of sp³-hybridized carbons (Fsp3) is 0.0455. The molecule has 1 aliphatic carbocycles. The van der Waals surface area contributed by atoms with Crippen LogP contribution in [0.1, 0.15) is 18.4 Å². The van der Waals surface area contributed by atoms with Gasteiger partial charge in [0.1, 0.15) is 0 Å². The van der Waals surface area contributed by atoms with Crippen LogP contribution in [0.15, 0.2) is 170 Å². The highest BCUT2D eigenvalue weighted by Gasteiger charge is 2.19. The van der Waals surface area contributed by atoms with Gasteiger partial charge in [0.15, 0.2) is 0 Å². The second-order valence-electron chi connectivity index (χ2n) is 11.6. The molecule has 7 aromatic rings. The number of rotatable bonds is 5. The van der Waals surface area contributed by atoms with Crippen LogP contribution in [0, 0.1) is 0 Å². The van der Waals surface area contributed by atoms with E-state index in [4.69, 9.17) is 0 Å². The van der Waals surface area contributed by atoms with Crippen molar-refractivity contribution in [3.63, 3.8) is 0 Å². The predicted molar refractivity (Wildman–Crippen MR) is 190 cm³/mol. The molecule has 0 saturated carbocycles. The second kappa shape index (κ2) is 11.3. The van der Waals surface area contributed by atoms with Crippen LogP contribution in [0.5, 0.6) is 0 Å². The Balaban J connectivity index is 1.49. The van der Waals surface area contributed by atoms with Gasteiger partial charge in [-0.3, -0.25) is 0 Å². The number of benzene rings is 7. The first-order valence-electron chi connectivity index (χ1n) is 15.5. The van der Waals surface area contributed by atoms with E-state index in [1.165, 1.54) is 77.2 Å². The van der Waals surface area contributed by atoms with Gasteiger partial charge in [0.2, 0.25) is 0 Å². The van der Waals surface area contributed by atoms with Crippen LogP contribution in [-0.4, -0.2) is 0 Å². The SMILES string of the molecule is C1=CC(c2cccc(-c3c4ccc(-c5ccccc5)cc4c(-c4ccccc4)c4ccc(-c5ccccc5)cc34)c2)=CCC1. The summed E-state index contributed by atoms with van der Waals surface area (Å²) in [6, 6.07) is 55.6. The fourth-order valence-electron chi connectivity index (χ4n) is 6.76. The van der Waals surface area contributed by atoms with Crippen LogP contribution in [0.4, 0.5) is 0 Å². The van der Waals surface area contributed by atoms with E-state index in [-0.39, 0.29) is 0 Å². The Kier molecular flexibility index (Phi) is 6.74. The van der Waals surface area contributed by atoms with Crippen molar-refractivity contribution in [2.24, 2.45) is 0 Å². The Hall–Kier alpha value is -5.46. The Labute approximate surface area is 259 Å². The van der Waals surface area contributed by atoms with Crippen LogP contribution in [-0.2, 0) is 0 Å². The summed E-state index contributed by atoms with van der Waals surface area (Å²) in [5, 5.41) is 5.09. The lowest BCUT2D eigenvalue weighted by molar-refractivity contribution is 1.04. The van der Waals surface area contributed by atoms with Gasteiger partial charge in [-0.2, -0.15) is 0 Å². The molecule has 0 saturated heterocycles. The molecule has 8 rings (SSSR count). The predicted octanol–water partition coefficient (Wildman–Crippen LogP) is 12.4. The minimum atomic E-state index is 1.09. The number of fused-ring (bicyclic) bond motifs is 2. The van der Waals surface area contributed by atoms with Gasteiger partial charge in [-0.25, -0.2) is 0 Å². The Morgan fingerprint density at radius 1 is 0.318 bits per heavy atom. The molecule has 0 fully saturated rings. The number of allylic oxidation sites excluding steroid dienone is 4. The van der Waals surface area contributed by atoms with Gasteiger partial charge < -0.3 is 0 Å². The smallest absolute Gasteiger partial charge is 0.00259 e. The summed E-state index contributed by atoms with van der Waals surface area (Å²) in [6.07, 6.45) is 9.14. The Bertz CT molecular complexity index is 2180. The molecule has 0 aliphatic heterocycles. The van der Waals surface area contributed by atoms with Crippen LogP contribution in [0.2, 0.25) is 0 Å². The zero-order valence-corrected chi connectivity index (χ0v) is 24.6. The molecule has 0 nitrogen and oxygen atoms in total. The molecule has 44 heavy (non-hydrogen) atoms. The Morgan fingerprint density at radius 2 is 0.818 bits per heavy atom. The summed E-state index contributed by atoms with van der Waals surface area (Å²) in [6.45, 7) is 0. The van der Waals surface area contributed by atoms with Crippen LogP contribution in [0.25, 0.3) is 71.6 Å². The third-order valence-electron chi connectivity index (χ3n) is 8.87. The molecule has 0 bridgehead atoms. The molecule has 1 aliphatic rings. The summed E-state index contributed by atoms with van der Waals surface area (Å²) in [4.78, 5) is 0. The van der Waals surface area contributed by atoms with Crippen molar-refractivity contribution >= 4 is 27.1 Å². The molecule has 0 spiro atoms. The number of hydrogen-bond acceptors (Lipinski definition) is 0. The summed E-state index contributed by atoms with van der Waals surface area (Å²) < 4.78 is 0. The molecule has 0 aromatic heterocycles. The summed E-state index contributed by atoms with van der Waals surface area (Å²) in [7, 11) is 0. The first-order valence-corrected chi connectivity index (χ1v) is 15.5. The zero-order chi connectivity index (χ0) is 29.3. The first-order chi connectivity index (χ1) is 21.8. The third-order valence-corrected chi connectivity index (χ3v) is 8.87. The van der Waals surface area contributed by atoms with E-state index in [1.807, 2.05) is 0 Å². The van der Waals surface area contributed by atoms with Gasteiger partial charge in [-0.05, 0) is 108 Å². The Morgan fingerprint density at radius 3 is 1.36 bits per heavy atom. The van der Waals surface area contributed by atoms with E-state index in [0.29, 0.717) is 0 Å². The van der Waals surface area contributed by atoms with Crippen LogP contribution >= 0.6 is 0 Å². The van der Waals surface area contributed by atoms with Crippen molar-refractivity contribution in [2.45, 2.75) is 12.8 Å². The molecule has 0 heteroatoms. The lowest BCUT2D eigenvalue weighted by Gasteiger charge is -2.20. The van der Waals surface area contributed by atoms with Gasteiger partial charge >= 0.3 is 0 Å². The summed E-state index contributed by atoms with van der Waals surface area (Å²) in [5.41, 5.74) is 12.5. The van der Waals surface area contributed by atoms with Gasteiger partial charge in [-0.15, -0.1) is 0 Å². The van der Waals surface area contributed by atoms with Crippen molar-refractivity contribution in [3.05, 3.63) is 175 Å². The third kappa shape index (κ3) is 4.75. The van der Waals surface area contributed by atoms with Gasteiger partial charge in [0, 0.05) is 0 Å². The van der Waals surface area contributed by atoms with E-state index in [2.05, 4.69) is 170 Å². The largest absolute Gasteiger partial charge is 0.0836 e. The van der Waals surface area contributed by atoms with E-state index >= 15 is 0 Å². The quantitative estimate of drug-likeness (QED) is 0.184. The second-order valence-corrected chi connectivity index (χ2v) is 11.6. The molecule has 0 N–H and O–H groups in total. The van der Waals surface area contributed by atoms with Crippen molar-refractivity contribution in [1.29, 1.82) is 0 Å². The minimum absolute atomic E-state index is 1.09. The van der Waals surface area contributed by atoms with Gasteiger partial charge in [0.05, 0.1) is 0 Å². The molecule has 7 aromatic carbocycles. The maximum Gasteiger partial charge on any atom is -0.00259 e. The highest BCUT2D eigenvalue weighted by Crippen LogP contribution is 2.46. The van der Waals surface area contributed by atoms with Gasteiger partial charge in [-0.1, -0.05) is 152 Å². The fourth-order valence-corrected chi connectivity index (χ4v) is 6.76. The van der Waals surface area contributed by atoms with Crippen molar-refractivity contribution in [1.82, 2.24) is 0 Å². The van der Waals surface area contributed by atoms with E-state index < -0.39 is 0 Å². The van der Waals surface area contributed by atoms with E-state index in [1.54, 1.807) is 0 Å². The average Bonchev–Trinajstić information content (AvgIpc) is 3.11. The van der Waals surface area contributed by atoms with Crippen LogP contribution in [0.3, 0.4) is 0 Å². The molecule has 0 radical (unpaired) electrons. The summed E-state index contributed by atoms with van der Waals surface area (Å²) >= 11 is 0. The van der Waals surface area contributed by atoms with Crippen LogP contribution < -0.4 is 0 Å². The van der Waals surface area contributed by atoms with Crippen molar-refractivity contribution in [3.8, 4) is 44.5 Å². The standard InChI is InChI=1S/C44H32/c1-5-14-31(15-6-1)35-22-13-23-38(28-35)44-40-27-25-36(32-16-7-2-8-17-32)29-41(40)43(34-20-11-4-12-21-34)39-26-24-37(30-42(39)44)33-18-9-3-10-19-33/h2-5,7-30H,1,6H2. The molecule has 0 atom stereocenters. The maximum absolute atomic E-state index is 2.41. The van der Waals surface area contributed by atoms with Gasteiger partial charge in [0.25, 0.3) is 0 Å². The van der Waals surface area contributed by atoms with Crippen molar-refractivity contribution < 1.29 is 0 Å². The monoisotopic (exact) mass is 560 g/mol. The normalized spacial score (nSPS) is 12.9.